The summed E-state index contributed by atoms with van der Waals surface area (Å²) in [6, 6.07) is -3.15. The van der Waals surface area contributed by atoms with Crippen LogP contribution < -0.4 is 22.9 Å². The van der Waals surface area contributed by atoms with Gasteiger partial charge in [0.15, 0.2) is 0 Å². The van der Waals surface area contributed by atoms with Crippen molar-refractivity contribution in [3.8, 4) is 0 Å². The molecule has 0 fully saturated rings. The van der Waals surface area contributed by atoms with Crippen LogP contribution in [0, 0.1) is 5.92 Å². The fourth-order valence-electron chi connectivity index (χ4n) is 1.08. The molecule has 0 spiro atoms. The fourth-order valence-corrected chi connectivity index (χ4v) is 1.08. The average molecular weight is 396 g/mol. The quantitative estimate of drug-likeness (QED) is 0.202. The molecule has 0 aromatic rings. The van der Waals surface area contributed by atoms with Crippen molar-refractivity contribution in [3.05, 3.63) is 0 Å². The highest BCUT2D eigenvalue weighted by Gasteiger charge is 2.17. The van der Waals surface area contributed by atoms with Crippen molar-refractivity contribution in [2.75, 3.05) is 0 Å². The van der Waals surface area contributed by atoms with E-state index in [0.717, 1.165) is 6.42 Å². The number of amides is 1. The summed E-state index contributed by atoms with van der Waals surface area (Å²) in [4.78, 5) is 49.7. The van der Waals surface area contributed by atoms with Gasteiger partial charge in [-0.1, -0.05) is 20.3 Å². The third-order valence-corrected chi connectivity index (χ3v) is 2.99. The van der Waals surface area contributed by atoms with E-state index in [9.17, 15) is 24.0 Å². The summed E-state index contributed by atoms with van der Waals surface area (Å²) in [7, 11) is 0. The standard InChI is InChI=1S/C6H13NO2.C4H8N2O3.C4H7NO4/c1-3-4(2)5(7)6(8)9;2*5-2(4(8)9)1-3(6)7/h4-5H,3,7H2,1-2H3,(H,8,9);2H,1,5H2,(H2,6,7)(H,8,9);2H,1,5H2,(H,6,7)(H,8,9)/t4-,5-;2*2-/m000/s1. The van der Waals surface area contributed by atoms with E-state index in [-0.39, 0.29) is 12.3 Å². The van der Waals surface area contributed by atoms with Gasteiger partial charge in [-0.3, -0.25) is 24.0 Å². The molecular formula is C14H28N4O9. The van der Waals surface area contributed by atoms with Gasteiger partial charge in [0.05, 0.1) is 12.8 Å². The van der Waals surface area contributed by atoms with Gasteiger partial charge < -0.3 is 43.4 Å². The highest BCUT2D eigenvalue weighted by Crippen LogP contribution is 2.04. The SMILES string of the molecule is CC[C@H](C)[C@H](N)C(=O)O.NC(=O)C[C@H](N)C(=O)O.N[C@@H](CC(=O)O)C(=O)O. The maximum atomic E-state index is 10.2. The van der Waals surface area contributed by atoms with Crippen LogP contribution in [-0.2, 0) is 24.0 Å². The number of carboxylic acids is 4. The third-order valence-electron chi connectivity index (χ3n) is 2.99. The molecule has 0 aliphatic rings. The molecule has 0 saturated carbocycles. The number of nitrogens with two attached hydrogens (primary N) is 4. The lowest BCUT2D eigenvalue weighted by Crippen LogP contribution is -2.36. The summed E-state index contributed by atoms with van der Waals surface area (Å²) in [5.74, 6) is -5.26. The summed E-state index contributed by atoms with van der Waals surface area (Å²) in [6.45, 7) is 3.76. The van der Waals surface area contributed by atoms with E-state index in [0.29, 0.717) is 0 Å². The Morgan fingerprint density at radius 3 is 1.26 bits per heavy atom. The second-order valence-electron chi connectivity index (χ2n) is 5.41. The van der Waals surface area contributed by atoms with E-state index in [4.69, 9.17) is 37.6 Å². The molecule has 0 aliphatic carbocycles. The first-order valence-electron chi connectivity index (χ1n) is 7.62. The van der Waals surface area contributed by atoms with Crippen LogP contribution in [0.15, 0.2) is 0 Å². The molecule has 0 aliphatic heterocycles. The number of hydrogen-bond acceptors (Lipinski definition) is 8. The Hall–Kier alpha value is -2.77. The van der Waals surface area contributed by atoms with Crippen molar-refractivity contribution in [2.45, 2.75) is 51.2 Å². The predicted octanol–water partition coefficient (Wildman–Crippen LogP) is -2.41. The lowest BCUT2D eigenvalue weighted by molar-refractivity contribution is -0.144. The van der Waals surface area contributed by atoms with Gasteiger partial charge in [-0.2, -0.15) is 0 Å². The number of rotatable bonds is 9. The van der Waals surface area contributed by atoms with E-state index in [1.807, 2.05) is 13.8 Å². The predicted molar refractivity (Wildman–Crippen MR) is 92.4 cm³/mol. The average Bonchev–Trinajstić information content (AvgIpc) is 2.52. The van der Waals surface area contributed by atoms with Crippen LogP contribution in [0.4, 0.5) is 0 Å². The van der Waals surface area contributed by atoms with Gasteiger partial charge in [-0.25, -0.2) is 0 Å². The van der Waals surface area contributed by atoms with Gasteiger partial charge >= 0.3 is 23.9 Å². The maximum Gasteiger partial charge on any atom is 0.321 e. The molecule has 0 unspecified atom stereocenters. The first kappa shape index (κ1) is 29.0. The fraction of sp³-hybridized carbons (Fsp3) is 0.643. The summed E-state index contributed by atoms with van der Waals surface area (Å²) >= 11 is 0. The van der Waals surface area contributed by atoms with Crippen LogP contribution in [0.2, 0.25) is 0 Å². The topological polar surface area (TPSA) is 270 Å². The van der Waals surface area contributed by atoms with Gasteiger partial charge in [0, 0.05) is 0 Å². The Bertz CT molecular complexity index is 481. The molecule has 158 valence electrons. The second kappa shape index (κ2) is 15.5. The van der Waals surface area contributed by atoms with Gasteiger partial charge in [-0.05, 0) is 5.92 Å². The van der Waals surface area contributed by atoms with Crippen molar-refractivity contribution in [2.24, 2.45) is 28.9 Å². The first-order valence-corrected chi connectivity index (χ1v) is 7.62. The number of carbonyl (C=O) groups excluding carboxylic acids is 1. The van der Waals surface area contributed by atoms with Crippen LogP contribution >= 0.6 is 0 Å². The van der Waals surface area contributed by atoms with Crippen molar-refractivity contribution >= 4 is 29.8 Å². The summed E-state index contributed by atoms with van der Waals surface area (Å²) in [5, 5.41) is 32.5. The number of primary amides is 1. The van der Waals surface area contributed by atoms with Gasteiger partial charge in [0.2, 0.25) is 5.91 Å². The number of carboxylic acid groups (broad SMARTS) is 4. The smallest absolute Gasteiger partial charge is 0.321 e. The van der Waals surface area contributed by atoms with Crippen molar-refractivity contribution in [1.29, 1.82) is 0 Å². The number of carbonyl (C=O) groups is 5. The maximum absolute atomic E-state index is 10.2. The van der Waals surface area contributed by atoms with Gasteiger partial charge in [0.1, 0.15) is 18.1 Å². The zero-order chi connectivity index (χ0) is 22.3. The molecule has 0 aromatic carbocycles. The van der Waals surface area contributed by atoms with Crippen LogP contribution in [0.25, 0.3) is 0 Å². The summed E-state index contributed by atoms with van der Waals surface area (Å²) < 4.78 is 0. The first-order chi connectivity index (χ1) is 12.2. The summed E-state index contributed by atoms with van der Waals surface area (Å²) in [6.07, 6.45) is -0.0296. The van der Waals surface area contributed by atoms with E-state index >= 15 is 0 Å². The molecule has 0 aromatic heterocycles. The Labute approximate surface area is 155 Å². The van der Waals surface area contributed by atoms with Crippen molar-refractivity contribution in [3.63, 3.8) is 0 Å². The van der Waals surface area contributed by atoms with E-state index < -0.39 is 54.3 Å². The Kier molecular flexibility index (Phi) is 16.6. The van der Waals surface area contributed by atoms with E-state index in [1.54, 1.807) is 0 Å². The van der Waals surface area contributed by atoms with Crippen LogP contribution in [0.1, 0.15) is 33.1 Å². The number of aliphatic carboxylic acids is 4. The molecule has 0 bridgehead atoms. The minimum Gasteiger partial charge on any atom is -0.481 e. The Morgan fingerprint density at radius 2 is 1.15 bits per heavy atom. The van der Waals surface area contributed by atoms with E-state index in [1.165, 1.54) is 0 Å². The van der Waals surface area contributed by atoms with Crippen LogP contribution in [0.5, 0.6) is 0 Å². The molecule has 0 saturated heterocycles. The Morgan fingerprint density at radius 1 is 0.778 bits per heavy atom. The Balaban J connectivity index is -0.000000320. The lowest BCUT2D eigenvalue weighted by Gasteiger charge is -2.11. The molecule has 13 heteroatoms. The molecule has 12 N–H and O–H groups in total. The van der Waals surface area contributed by atoms with Crippen molar-refractivity contribution < 1.29 is 44.4 Å². The minimum atomic E-state index is -1.29. The normalized spacial score (nSPS) is 14.0. The molecule has 1 amide bonds. The molecule has 0 heterocycles. The summed E-state index contributed by atoms with van der Waals surface area (Å²) in [5.41, 5.74) is 19.7. The van der Waals surface area contributed by atoms with Gasteiger partial charge in [0.25, 0.3) is 0 Å². The molecule has 27 heavy (non-hydrogen) atoms. The molecule has 0 rings (SSSR count). The number of hydrogen-bond donors (Lipinski definition) is 8. The van der Waals surface area contributed by atoms with Gasteiger partial charge in [-0.15, -0.1) is 0 Å². The zero-order valence-corrected chi connectivity index (χ0v) is 15.1. The minimum absolute atomic E-state index is 0.0718. The van der Waals surface area contributed by atoms with Crippen LogP contribution in [-0.4, -0.2) is 68.3 Å². The molecular weight excluding hydrogens is 368 g/mol. The molecule has 13 nitrogen and oxygen atoms in total. The monoisotopic (exact) mass is 396 g/mol. The van der Waals surface area contributed by atoms with Crippen LogP contribution in [0.3, 0.4) is 0 Å². The highest BCUT2D eigenvalue weighted by molar-refractivity contribution is 5.83. The molecule has 4 atom stereocenters. The lowest BCUT2D eigenvalue weighted by atomic mass is 10.0. The third kappa shape index (κ3) is 19.4. The van der Waals surface area contributed by atoms with Crippen molar-refractivity contribution in [1.82, 2.24) is 0 Å². The second-order valence-corrected chi connectivity index (χ2v) is 5.41. The molecule has 0 radical (unpaired) electrons. The van der Waals surface area contributed by atoms with E-state index in [2.05, 4.69) is 5.73 Å². The largest absolute Gasteiger partial charge is 0.481 e. The zero-order valence-electron chi connectivity index (χ0n) is 15.1. The highest BCUT2D eigenvalue weighted by atomic mass is 16.4.